The van der Waals surface area contributed by atoms with Gasteiger partial charge in [-0.2, -0.15) is 0 Å². The largest absolute Gasteiger partial charge is 0.266 e. The Labute approximate surface area is 113 Å². The van der Waals surface area contributed by atoms with Gasteiger partial charge in [0.2, 0.25) is 0 Å². The number of sulfonamides is 1. The summed E-state index contributed by atoms with van der Waals surface area (Å²) in [7, 11) is -4.22. The summed E-state index contributed by atoms with van der Waals surface area (Å²) in [5.74, 6) is -2.19. The standard InChI is InChI=1S/C11H7ClF2N2O2S/c12-8-2-1-5-15-11(8)16-19(17,18)10-4-3-7(13)6-9(10)14/h1-6H,(H,15,16). The number of hydrogen-bond donors (Lipinski definition) is 1. The molecule has 100 valence electrons. The molecule has 0 radical (unpaired) electrons. The molecule has 8 heteroatoms. The monoisotopic (exact) mass is 304 g/mol. The fraction of sp³-hybridized carbons (Fsp3) is 0. The third-order valence-corrected chi connectivity index (χ3v) is 3.85. The number of pyridine rings is 1. The van der Waals surface area contributed by atoms with Crippen LogP contribution in [0.5, 0.6) is 0 Å². The lowest BCUT2D eigenvalue weighted by Crippen LogP contribution is -2.15. The van der Waals surface area contributed by atoms with Crippen molar-refractivity contribution in [2.45, 2.75) is 4.90 Å². The van der Waals surface area contributed by atoms with Crippen LogP contribution in [0.4, 0.5) is 14.6 Å². The summed E-state index contributed by atoms with van der Waals surface area (Å²) >= 11 is 5.74. The van der Waals surface area contributed by atoms with Gasteiger partial charge in [-0.1, -0.05) is 11.6 Å². The SMILES string of the molecule is O=S(=O)(Nc1ncccc1Cl)c1ccc(F)cc1F. The molecule has 0 spiro atoms. The van der Waals surface area contributed by atoms with Gasteiger partial charge >= 0.3 is 0 Å². The summed E-state index contributed by atoms with van der Waals surface area (Å²) in [4.78, 5) is 3.03. The second kappa shape index (κ2) is 5.10. The second-order valence-corrected chi connectivity index (χ2v) is 5.57. The van der Waals surface area contributed by atoms with Crippen molar-refractivity contribution in [3.63, 3.8) is 0 Å². The van der Waals surface area contributed by atoms with Gasteiger partial charge in [0, 0.05) is 12.3 Å². The molecule has 2 aromatic rings. The first-order chi connectivity index (χ1) is 8.90. The van der Waals surface area contributed by atoms with Crippen LogP contribution >= 0.6 is 11.6 Å². The minimum atomic E-state index is -4.22. The van der Waals surface area contributed by atoms with E-state index in [-0.39, 0.29) is 10.8 Å². The van der Waals surface area contributed by atoms with Crippen LogP contribution in [0.25, 0.3) is 0 Å². The van der Waals surface area contributed by atoms with Crippen molar-refractivity contribution in [3.05, 3.63) is 53.2 Å². The average molecular weight is 305 g/mol. The zero-order valence-electron chi connectivity index (χ0n) is 9.27. The first-order valence-corrected chi connectivity index (χ1v) is 6.84. The molecular weight excluding hydrogens is 298 g/mol. The van der Waals surface area contributed by atoms with Crippen LogP contribution in [0.2, 0.25) is 5.02 Å². The van der Waals surface area contributed by atoms with E-state index in [1.807, 2.05) is 4.72 Å². The fourth-order valence-electron chi connectivity index (χ4n) is 1.34. The van der Waals surface area contributed by atoms with Gasteiger partial charge in [-0.3, -0.25) is 4.72 Å². The highest BCUT2D eigenvalue weighted by Gasteiger charge is 2.21. The zero-order chi connectivity index (χ0) is 14.0. The Kier molecular flexibility index (Phi) is 3.68. The maximum absolute atomic E-state index is 13.4. The van der Waals surface area contributed by atoms with Gasteiger partial charge in [0.1, 0.15) is 16.5 Å². The maximum atomic E-state index is 13.4. The lowest BCUT2D eigenvalue weighted by Gasteiger charge is -2.09. The molecule has 0 saturated heterocycles. The van der Waals surface area contributed by atoms with Crippen molar-refractivity contribution < 1.29 is 17.2 Å². The van der Waals surface area contributed by atoms with E-state index in [1.165, 1.54) is 18.3 Å². The number of benzene rings is 1. The minimum Gasteiger partial charge on any atom is -0.262 e. The van der Waals surface area contributed by atoms with Crippen molar-refractivity contribution in [1.29, 1.82) is 0 Å². The number of nitrogens with zero attached hydrogens (tertiary/aromatic N) is 1. The van der Waals surface area contributed by atoms with Crippen molar-refractivity contribution in [2.24, 2.45) is 0 Å². The summed E-state index contributed by atoms with van der Waals surface area (Å²) in [6.07, 6.45) is 1.32. The number of rotatable bonds is 3. The van der Waals surface area contributed by atoms with E-state index in [4.69, 9.17) is 11.6 Å². The maximum Gasteiger partial charge on any atom is 0.266 e. The quantitative estimate of drug-likeness (QED) is 0.948. The van der Waals surface area contributed by atoms with E-state index in [1.54, 1.807) is 0 Å². The molecule has 0 fully saturated rings. The van der Waals surface area contributed by atoms with E-state index in [0.717, 1.165) is 12.1 Å². The van der Waals surface area contributed by atoms with E-state index in [2.05, 4.69) is 4.98 Å². The predicted octanol–water partition coefficient (Wildman–Crippen LogP) is 2.81. The van der Waals surface area contributed by atoms with Gasteiger partial charge in [-0.15, -0.1) is 0 Å². The van der Waals surface area contributed by atoms with E-state index in [0.29, 0.717) is 6.07 Å². The Morgan fingerprint density at radius 3 is 2.58 bits per heavy atom. The van der Waals surface area contributed by atoms with Gasteiger partial charge in [0.15, 0.2) is 5.82 Å². The summed E-state index contributed by atoms with van der Waals surface area (Å²) < 4.78 is 52.0. The number of nitrogens with one attached hydrogen (secondary N) is 1. The van der Waals surface area contributed by atoms with Gasteiger partial charge in [0.25, 0.3) is 10.0 Å². The molecule has 1 aromatic heterocycles. The van der Waals surface area contributed by atoms with Crippen molar-refractivity contribution in [3.8, 4) is 0 Å². The van der Waals surface area contributed by atoms with Gasteiger partial charge in [-0.05, 0) is 24.3 Å². The molecule has 0 aliphatic rings. The molecule has 0 saturated carbocycles. The van der Waals surface area contributed by atoms with Crippen LogP contribution < -0.4 is 4.72 Å². The Morgan fingerprint density at radius 1 is 1.21 bits per heavy atom. The van der Waals surface area contributed by atoms with Crippen LogP contribution in [0.3, 0.4) is 0 Å². The summed E-state index contributed by atoms with van der Waals surface area (Å²) in [6.45, 7) is 0. The molecule has 1 N–H and O–H groups in total. The first kappa shape index (κ1) is 13.7. The summed E-state index contributed by atoms with van der Waals surface area (Å²) in [5, 5.41) is 0.0635. The van der Waals surface area contributed by atoms with Crippen LogP contribution in [0.15, 0.2) is 41.4 Å². The number of halogens is 3. The van der Waals surface area contributed by atoms with Crippen LogP contribution in [-0.2, 0) is 10.0 Å². The van der Waals surface area contributed by atoms with Gasteiger partial charge in [0.05, 0.1) is 5.02 Å². The Morgan fingerprint density at radius 2 is 1.95 bits per heavy atom. The molecule has 1 aromatic carbocycles. The molecule has 2 rings (SSSR count). The summed E-state index contributed by atoms with van der Waals surface area (Å²) in [6, 6.07) is 5.09. The lowest BCUT2D eigenvalue weighted by molar-refractivity contribution is 0.551. The molecule has 19 heavy (non-hydrogen) atoms. The highest BCUT2D eigenvalue weighted by atomic mass is 35.5. The second-order valence-electron chi connectivity index (χ2n) is 3.51. The third kappa shape index (κ3) is 2.99. The fourth-order valence-corrected chi connectivity index (χ4v) is 2.65. The van der Waals surface area contributed by atoms with Crippen LogP contribution in [0.1, 0.15) is 0 Å². The number of anilines is 1. The molecule has 0 unspecified atom stereocenters. The Bertz CT molecular complexity index is 722. The van der Waals surface area contributed by atoms with Crippen molar-refractivity contribution in [2.75, 3.05) is 4.72 Å². The molecule has 0 bridgehead atoms. The number of aromatic nitrogens is 1. The predicted molar refractivity (Wildman–Crippen MR) is 66.4 cm³/mol. The Hall–Kier alpha value is -1.73. The molecule has 0 amide bonds. The highest BCUT2D eigenvalue weighted by Crippen LogP contribution is 2.23. The molecule has 1 heterocycles. The van der Waals surface area contributed by atoms with E-state index < -0.39 is 26.6 Å². The molecule has 4 nitrogen and oxygen atoms in total. The van der Waals surface area contributed by atoms with Crippen molar-refractivity contribution >= 4 is 27.4 Å². The Balaban J connectivity index is 2.41. The molecular formula is C11H7ClF2N2O2S. The zero-order valence-corrected chi connectivity index (χ0v) is 10.8. The molecule has 0 aliphatic carbocycles. The average Bonchev–Trinajstić information content (AvgIpc) is 2.31. The summed E-state index contributed by atoms with van der Waals surface area (Å²) in [5.41, 5.74) is 0. The molecule has 0 atom stereocenters. The lowest BCUT2D eigenvalue weighted by atomic mass is 10.3. The normalized spacial score (nSPS) is 11.3. The van der Waals surface area contributed by atoms with Gasteiger partial charge in [-0.25, -0.2) is 22.2 Å². The smallest absolute Gasteiger partial charge is 0.262 e. The third-order valence-electron chi connectivity index (χ3n) is 2.17. The van der Waals surface area contributed by atoms with Crippen molar-refractivity contribution in [1.82, 2.24) is 4.98 Å². The minimum absolute atomic E-state index is 0.0635. The molecule has 0 aliphatic heterocycles. The van der Waals surface area contributed by atoms with Crippen LogP contribution in [-0.4, -0.2) is 13.4 Å². The number of hydrogen-bond acceptors (Lipinski definition) is 3. The van der Waals surface area contributed by atoms with Gasteiger partial charge < -0.3 is 0 Å². The van der Waals surface area contributed by atoms with Crippen LogP contribution in [0, 0.1) is 11.6 Å². The topological polar surface area (TPSA) is 59.1 Å². The highest BCUT2D eigenvalue weighted by molar-refractivity contribution is 7.92. The van der Waals surface area contributed by atoms with E-state index >= 15 is 0 Å². The first-order valence-electron chi connectivity index (χ1n) is 4.98. The van der Waals surface area contributed by atoms with E-state index in [9.17, 15) is 17.2 Å².